The van der Waals surface area contributed by atoms with Gasteiger partial charge >= 0.3 is 12.2 Å². The lowest BCUT2D eigenvalue weighted by Gasteiger charge is -2.42. The Kier molecular flexibility index (Phi) is 8.52. The van der Waals surface area contributed by atoms with Crippen molar-refractivity contribution in [3.05, 3.63) is 99.2 Å². The second-order valence-electron chi connectivity index (χ2n) is 12.1. The van der Waals surface area contributed by atoms with Crippen molar-refractivity contribution in [1.29, 1.82) is 0 Å². The second-order valence-corrected chi connectivity index (χ2v) is 12.1. The molecule has 238 valence electrons. The van der Waals surface area contributed by atoms with Crippen molar-refractivity contribution in [2.45, 2.75) is 78.7 Å². The van der Waals surface area contributed by atoms with E-state index in [1.54, 1.807) is 11.6 Å². The number of nitrogens with two attached hydrogens (primary N) is 1. The molecule has 4 aromatic rings. The van der Waals surface area contributed by atoms with Crippen molar-refractivity contribution in [1.82, 2.24) is 14.7 Å². The van der Waals surface area contributed by atoms with Crippen LogP contribution in [0.2, 0.25) is 0 Å². The van der Waals surface area contributed by atoms with Crippen molar-refractivity contribution >= 4 is 11.7 Å². The van der Waals surface area contributed by atoms with E-state index in [0.29, 0.717) is 42.6 Å². The number of nitrogens with zero attached hydrogens (tertiary/aromatic N) is 3. The molecular formula is C34H36F5N5O. The number of hydrogen-bond acceptors (Lipinski definition) is 3. The van der Waals surface area contributed by atoms with Gasteiger partial charge in [-0.15, -0.1) is 0 Å². The summed E-state index contributed by atoms with van der Waals surface area (Å²) in [5, 5.41) is 7.15. The highest BCUT2D eigenvalue weighted by atomic mass is 19.4. The summed E-state index contributed by atoms with van der Waals surface area (Å²) in [5.41, 5.74) is 9.39. The van der Waals surface area contributed by atoms with Gasteiger partial charge in [-0.3, -0.25) is 4.90 Å². The number of rotatable bonds is 7. The first kappa shape index (κ1) is 32.2. The number of fused-ring (bicyclic) bond motifs is 1. The molecule has 2 heterocycles. The minimum absolute atomic E-state index is 0.0328. The van der Waals surface area contributed by atoms with Crippen LogP contribution in [0.4, 0.5) is 32.4 Å². The molecule has 0 bridgehead atoms. The molecule has 3 N–H and O–H groups in total. The largest absolute Gasteiger partial charge is 0.416 e. The molecule has 2 amide bonds. The van der Waals surface area contributed by atoms with Gasteiger partial charge in [0, 0.05) is 42.2 Å². The lowest BCUT2D eigenvalue weighted by atomic mass is 9.87. The number of anilines is 1. The fraction of sp³-hybridized carbons (Fsp3) is 0.353. The molecule has 5 rings (SSSR count). The number of alkyl halides is 3. The molecule has 0 atom stereocenters. The van der Waals surface area contributed by atoms with E-state index >= 15 is 8.78 Å². The zero-order valence-corrected chi connectivity index (χ0v) is 25.9. The minimum atomic E-state index is -4.44. The molecule has 0 spiro atoms. The van der Waals surface area contributed by atoms with Gasteiger partial charge in [-0.25, -0.2) is 18.3 Å². The highest BCUT2D eigenvalue weighted by Crippen LogP contribution is 2.41. The van der Waals surface area contributed by atoms with E-state index in [4.69, 9.17) is 10.8 Å². The van der Waals surface area contributed by atoms with Crippen LogP contribution in [-0.4, -0.2) is 26.3 Å². The molecule has 0 unspecified atom stereocenters. The first-order chi connectivity index (χ1) is 21.1. The summed E-state index contributed by atoms with van der Waals surface area (Å²) in [6.07, 6.45) is -2.63. The van der Waals surface area contributed by atoms with Crippen LogP contribution in [0.15, 0.2) is 48.5 Å². The number of amides is 2. The van der Waals surface area contributed by atoms with Crippen molar-refractivity contribution in [3.8, 4) is 16.9 Å². The highest BCUT2D eigenvalue weighted by molar-refractivity contribution is 5.88. The zero-order chi connectivity index (χ0) is 32.8. The van der Waals surface area contributed by atoms with Crippen LogP contribution in [-0.2, 0) is 38.5 Å². The van der Waals surface area contributed by atoms with E-state index in [9.17, 15) is 18.0 Å². The molecular weight excluding hydrogens is 589 g/mol. The Morgan fingerprint density at radius 3 is 2.24 bits per heavy atom. The maximum atomic E-state index is 16.0. The van der Waals surface area contributed by atoms with Gasteiger partial charge in [0.15, 0.2) is 0 Å². The van der Waals surface area contributed by atoms with Crippen molar-refractivity contribution < 1.29 is 26.7 Å². The van der Waals surface area contributed by atoms with Gasteiger partial charge in [0.05, 0.1) is 28.3 Å². The Balaban J connectivity index is 1.70. The average Bonchev–Trinajstić information content (AvgIpc) is 3.30. The number of nitrogens with one attached hydrogen (secondary N) is 1. The summed E-state index contributed by atoms with van der Waals surface area (Å²) in [6.45, 7) is 10.4. The Morgan fingerprint density at radius 2 is 1.67 bits per heavy atom. The molecule has 0 fully saturated rings. The molecule has 1 aromatic heterocycles. The summed E-state index contributed by atoms with van der Waals surface area (Å²) in [5.74, 6) is -1.63. The Labute approximate surface area is 259 Å². The van der Waals surface area contributed by atoms with Crippen molar-refractivity contribution in [2.75, 3.05) is 5.32 Å². The van der Waals surface area contributed by atoms with Gasteiger partial charge < -0.3 is 11.1 Å². The van der Waals surface area contributed by atoms with E-state index in [1.807, 2.05) is 45.9 Å². The molecule has 45 heavy (non-hydrogen) atoms. The van der Waals surface area contributed by atoms with Gasteiger partial charge in [-0.1, -0.05) is 38.1 Å². The van der Waals surface area contributed by atoms with Gasteiger partial charge in [-0.05, 0) is 74.1 Å². The number of benzene rings is 3. The first-order valence-electron chi connectivity index (χ1n) is 14.8. The first-order valence-corrected chi connectivity index (χ1v) is 14.8. The summed E-state index contributed by atoms with van der Waals surface area (Å²) in [7, 11) is 0. The number of urea groups is 1. The number of hydrogen-bond donors (Lipinski definition) is 2. The molecule has 3 aromatic carbocycles. The average molecular weight is 626 g/mol. The Hall–Kier alpha value is -4.25. The number of para-hydroxylation sites is 1. The number of halogens is 5. The number of carbonyl (C=O) groups excluding carboxylic acids is 1. The second kappa shape index (κ2) is 11.9. The van der Waals surface area contributed by atoms with Crippen LogP contribution in [0, 0.1) is 18.6 Å². The predicted molar refractivity (Wildman–Crippen MR) is 164 cm³/mol. The predicted octanol–water partition coefficient (Wildman–Crippen LogP) is 8.10. The monoisotopic (exact) mass is 625 g/mol. The number of carbonyl (C=O) groups is 1. The Bertz CT molecular complexity index is 1750. The van der Waals surface area contributed by atoms with Gasteiger partial charge in [0.1, 0.15) is 11.6 Å². The zero-order valence-electron chi connectivity index (χ0n) is 25.9. The number of aryl methyl sites for hydroxylation is 3. The van der Waals surface area contributed by atoms with E-state index in [1.165, 1.54) is 6.07 Å². The van der Waals surface area contributed by atoms with Gasteiger partial charge in [-0.2, -0.15) is 18.3 Å². The normalized spacial score (nSPS) is 14.8. The van der Waals surface area contributed by atoms with Crippen molar-refractivity contribution in [2.24, 2.45) is 5.73 Å². The summed E-state index contributed by atoms with van der Waals surface area (Å²) in [6, 6.07) is 10.6. The SMILES string of the molecule is CCc1cccc(CC)c1-n1nc2c(c1-c1cc(F)c(NC(N)=O)cc1F)CN(Cc1ccc(C(F)(F)F)cc1C)C(C)(C)C2. The van der Waals surface area contributed by atoms with E-state index in [-0.39, 0.29) is 17.8 Å². The van der Waals surface area contributed by atoms with Crippen LogP contribution in [0.5, 0.6) is 0 Å². The molecule has 0 radical (unpaired) electrons. The van der Waals surface area contributed by atoms with Crippen LogP contribution in [0.25, 0.3) is 16.9 Å². The van der Waals surface area contributed by atoms with Gasteiger partial charge in [0.2, 0.25) is 0 Å². The van der Waals surface area contributed by atoms with E-state index < -0.39 is 34.9 Å². The lowest BCUT2D eigenvalue weighted by molar-refractivity contribution is -0.137. The lowest BCUT2D eigenvalue weighted by Crippen LogP contribution is -2.47. The standard InChI is InChI=1S/C34H36F5N5O/c1-6-20-9-8-10-21(7-2)30(20)44-31(24-14-27(36)28(15-26(24)35)41-32(40)45)25-18-43(33(4,5)16-29(25)42-44)17-22-11-12-23(13-19(22)3)34(37,38)39/h8-15H,6-7,16-18H2,1-5H3,(H3,40,41,45). The summed E-state index contributed by atoms with van der Waals surface area (Å²) in [4.78, 5) is 13.5. The molecule has 0 aliphatic carbocycles. The maximum absolute atomic E-state index is 16.0. The van der Waals surface area contributed by atoms with Crippen LogP contribution in [0.3, 0.4) is 0 Å². The topological polar surface area (TPSA) is 76.2 Å². The molecule has 0 saturated carbocycles. The quantitative estimate of drug-likeness (QED) is 0.204. The third-order valence-corrected chi connectivity index (χ3v) is 8.65. The Morgan fingerprint density at radius 1 is 1.00 bits per heavy atom. The number of aromatic nitrogens is 2. The van der Waals surface area contributed by atoms with E-state index in [0.717, 1.165) is 52.3 Å². The third kappa shape index (κ3) is 6.18. The smallest absolute Gasteiger partial charge is 0.351 e. The van der Waals surface area contributed by atoms with Crippen LogP contribution in [0.1, 0.15) is 66.8 Å². The minimum Gasteiger partial charge on any atom is -0.351 e. The molecule has 11 heteroatoms. The maximum Gasteiger partial charge on any atom is 0.416 e. The summed E-state index contributed by atoms with van der Waals surface area (Å²) >= 11 is 0. The van der Waals surface area contributed by atoms with Gasteiger partial charge in [0.25, 0.3) is 0 Å². The number of primary amides is 1. The molecule has 0 saturated heterocycles. The highest BCUT2D eigenvalue weighted by Gasteiger charge is 2.39. The fourth-order valence-electron chi connectivity index (χ4n) is 6.14. The molecule has 1 aliphatic rings. The molecule has 6 nitrogen and oxygen atoms in total. The van der Waals surface area contributed by atoms with Crippen LogP contribution < -0.4 is 11.1 Å². The fourth-order valence-corrected chi connectivity index (χ4v) is 6.14. The van der Waals surface area contributed by atoms with E-state index in [2.05, 4.69) is 10.2 Å². The summed E-state index contributed by atoms with van der Waals surface area (Å²) < 4.78 is 73.0. The van der Waals surface area contributed by atoms with Crippen LogP contribution >= 0.6 is 0 Å². The van der Waals surface area contributed by atoms with Crippen molar-refractivity contribution in [3.63, 3.8) is 0 Å². The molecule has 1 aliphatic heterocycles. The third-order valence-electron chi connectivity index (χ3n) is 8.65.